The van der Waals surface area contributed by atoms with Crippen LogP contribution < -0.4 is 5.32 Å². The lowest BCUT2D eigenvalue weighted by Crippen LogP contribution is -2.52. The summed E-state index contributed by atoms with van der Waals surface area (Å²) in [6, 6.07) is 6.26. The molecule has 1 aliphatic heterocycles. The Hall–Kier alpha value is -1.20. The molecule has 122 valence electrons. The van der Waals surface area contributed by atoms with E-state index in [0.717, 1.165) is 29.8 Å². The predicted octanol–water partition coefficient (Wildman–Crippen LogP) is 2.34. The number of amides is 1. The minimum atomic E-state index is -0.771. The first-order chi connectivity index (χ1) is 10.4. The van der Waals surface area contributed by atoms with Gasteiger partial charge in [-0.05, 0) is 38.3 Å². The molecule has 0 radical (unpaired) electrons. The first kappa shape index (κ1) is 17.2. The zero-order chi connectivity index (χ0) is 16.3. The number of aryl methyl sites for hydroxylation is 2. The van der Waals surface area contributed by atoms with Crippen LogP contribution in [0.2, 0.25) is 0 Å². The summed E-state index contributed by atoms with van der Waals surface area (Å²) in [6.45, 7) is 9.25. The summed E-state index contributed by atoms with van der Waals surface area (Å²) < 4.78 is 11.8. The summed E-state index contributed by atoms with van der Waals surface area (Å²) in [5.41, 5.74) is 3.19. The van der Waals surface area contributed by atoms with Crippen molar-refractivity contribution in [2.45, 2.75) is 45.4 Å². The van der Waals surface area contributed by atoms with Gasteiger partial charge in [0, 0.05) is 40.1 Å². The standard InChI is InChI=1S/C17H26N2O2S/c1-5-15-8-6-7-12(2)17(15)18-16(20)11-19-9-10-22(21)14(4)13(19)3/h6-8,13-14H,5,9-11H2,1-4H3,(H,18,20)/t13-,14-,22-/m0/s1. The molecule has 5 heteroatoms. The Labute approximate surface area is 135 Å². The van der Waals surface area contributed by atoms with Gasteiger partial charge in [0.25, 0.3) is 0 Å². The van der Waals surface area contributed by atoms with E-state index in [1.165, 1.54) is 0 Å². The van der Waals surface area contributed by atoms with Gasteiger partial charge in [0.1, 0.15) is 0 Å². The highest BCUT2D eigenvalue weighted by atomic mass is 32.2. The molecule has 1 N–H and O–H groups in total. The zero-order valence-electron chi connectivity index (χ0n) is 13.9. The third kappa shape index (κ3) is 3.76. The number of hydrogen-bond donors (Lipinski definition) is 1. The van der Waals surface area contributed by atoms with E-state index in [2.05, 4.69) is 30.1 Å². The number of rotatable bonds is 4. The minimum absolute atomic E-state index is 0.00994. The van der Waals surface area contributed by atoms with Crippen molar-refractivity contribution in [2.75, 3.05) is 24.2 Å². The molecule has 2 rings (SSSR count). The zero-order valence-corrected chi connectivity index (χ0v) is 14.7. The molecule has 0 spiro atoms. The highest BCUT2D eigenvalue weighted by Crippen LogP contribution is 2.21. The molecule has 0 aromatic heterocycles. The Morgan fingerprint density at radius 1 is 1.41 bits per heavy atom. The maximum Gasteiger partial charge on any atom is 0.238 e. The van der Waals surface area contributed by atoms with Gasteiger partial charge in [0.15, 0.2) is 0 Å². The number of hydrogen-bond acceptors (Lipinski definition) is 3. The van der Waals surface area contributed by atoms with Gasteiger partial charge in [-0.3, -0.25) is 13.9 Å². The van der Waals surface area contributed by atoms with Crippen LogP contribution in [0.25, 0.3) is 0 Å². The quantitative estimate of drug-likeness (QED) is 0.925. The average Bonchev–Trinajstić information content (AvgIpc) is 2.50. The van der Waals surface area contributed by atoms with Crippen LogP contribution >= 0.6 is 0 Å². The Balaban J connectivity index is 2.03. The van der Waals surface area contributed by atoms with Crippen LogP contribution in [0.5, 0.6) is 0 Å². The summed E-state index contributed by atoms with van der Waals surface area (Å²) in [4.78, 5) is 14.5. The van der Waals surface area contributed by atoms with Crippen LogP contribution in [0.3, 0.4) is 0 Å². The fraction of sp³-hybridized carbons (Fsp3) is 0.588. The van der Waals surface area contributed by atoms with Crippen molar-refractivity contribution in [2.24, 2.45) is 0 Å². The van der Waals surface area contributed by atoms with E-state index in [1.807, 2.05) is 26.0 Å². The predicted molar refractivity (Wildman–Crippen MR) is 92.7 cm³/mol. The lowest BCUT2D eigenvalue weighted by molar-refractivity contribution is -0.117. The van der Waals surface area contributed by atoms with Gasteiger partial charge in [0.2, 0.25) is 5.91 Å². The lowest BCUT2D eigenvalue weighted by Gasteiger charge is -2.36. The minimum Gasteiger partial charge on any atom is -0.324 e. The van der Waals surface area contributed by atoms with Gasteiger partial charge < -0.3 is 5.32 Å². The molecule has 4 nitrogen and oxygen atoms in total. The molecule has 1 fully saturated rings. The van der Waals surface area contributed by atoms with Gasteiger partial charge in [-0.25, -0.2) is 0 Å². The topological polar surface area (TPSA) is 49.4 Å². The van der Waals surface area contributed by atoms with Crippen LogP contribution in [0.4, 0.5) is 5.69 Å². The Morgan fingerprint density at radius 3 is 2.82 bits per heavy atom. The Kier molecular flexibility index (Phi) is 5.75. The number of benzene rings is 1. The van der Waals surface area contributed by atoms with E-state index in [9.17, 15) is 9.00 Å². The normalized spacial score (nSPS) is 25.9. The second-order valence-corrected chi connectivity index (χ2v) is 7.93. The maximum absolute atomic E-state index is 12.4. The van der Waals surface area contributed by atoms with Crippen molar-refractivity contribution in [1.82, 2.24) is 4.90 Å². The van der Waals surface area contributed by atoms with E-state index in [0.29, 0.717) is 12.3 Å². The van der Waals surface area contributed by atoms with Crippen molar-refractivity contribution in [3.05, 3.63) is 29.3 Å². The fourth-order valence-corrected chi connectivity index (χ4v) is 4.30. The number of nitrogens with one attached hydrogen (secondary N) is 1. The molecule has 22 heavy (non-hydrogen) atoms. The van der Waals surface area contributed by atoms with E-state index < -0.39 is 10.8 Å². The van der Waals surface area contributed by atoms with E-state index in [1.54, 1.807) is 0 Å². The number of para-hydroxylation sites is 1. The smallest absolute Gasteiger partial charge is 0.238 e. The molecule has 0 aliphatic carbocycles. The number of carbonyl (C=O) groups excluding carboxylic acids is 1. The first-order valence-electron chi connectivity index (χ1n) is 7.93. The second kappa shape index (κ2) is 7.38. The summed E-state index contributed by atoms with van der Waals surface area (Å²) in [7, 11) is -0.771. The molecular formula is C17H26N2O2S. The van der Waals surface area contributed by atoms with Crippen molar-refractivity contribution < 1.29 is 9.00 Å². The molecule has 1 aromatic rings. The van der Waals surface area contributed by atoms with Crippen LogP contribution in [-0.2, 0) is 22.0 Å². The van der Waals surface area contributed by atoms with Crippen molar-refractivity contribution in [3.63, 3.8) is 0 Å². The molecular weight excluding hydrogens is 296 g/mol. The molecule has 1 aromatic carbocycles. The van der Waals surface area contributed by atoms with Crippen LogP contribution in [-0.4, -0.2) is 45.2 Å². The molecule has 0 bridgehead atoms. The maximum atomic E-state index is 12.4. The average molecular weight is 322 g/mol. The molecule has 0 saturated carbocycles. The van der Waals surface area contributed by atoms with E-state index >= 15 is 0 Å². The van der Waals surface area contributed by atoms with Gasteiger partial charge >= 0.3 is 0 Å². The van der Waals surface area contributed by atoms with Crippen molar-refractivity contribution >= 4 is 22.4 Å². The lowest BCUT2D eigenvalue weighted by atomic mass is 10.1. The van der Waals surface area contributed by atoms with Crippen molar-refractivity contribution in [1.29, 1.82) is 0 Å². The number of anilines is 1. The van der Waals surface area contributed by atoms with Gasteiger partial charge in [-0.1, -0.05) is 25.1 Å². The number of nitrogens with zero attached hydrogens (tertiary/aromatic N) is 1. The number of carbonyl (C=O) groups is 1. The van der Waals surface area contributed by atoms with Crippen LogP contribution in [0.1, 0.15) is 31.9 Å². The molecule has 1 heterocycles. The molecule has 1 amide bonds. The summed E-state index contributed by atoms with van der Waals surface area (Å²) in [5, 5.41) is 3.18. The second-order valence-electron chi connectivity index (χ2n) is 6.01. The van der Waals surface area contributed by atoms with Gasteiger partial charge in [-0.2, -0.15) is 0 Å². The molecule has 3 atom stereocenters. The van der Waals surface area contributed by atoms with Crippen LogP contribution in [0, 0.1) is 6.92 Å². The third-order valence-electron chi connectivity index (χ3n) is 4.60. The van der Waals surface area contributed by atoms with Gasteiger partial charge in [-0.15, -0.1) is 0 Å². The van der Waals surface area contributed by atoms with Crippen LogP contribution in [0.15, 0.2) is 18.2 Å². The molecule has 0 unspecified atom stereocenters. The van der Waals surface area contributed by atoms with E-state index in [4.69, 9.17) is 0 Å². The summed E-state index contributed by atoms with van der Waals surface area (Å²) >= 11 is 0. The summed E-state index contributed by atoms with van der Waals surface area (Å²) in [6.07, 6.45) is 0.896. The first-order valence-corrected chi connectivity index (χ1v) is 9.31. The highest BCUT2D eigenvalue weighted by molar-refractivity contribution is 7.85. The monoisotopic (exact) mass is 322 g/mol. The fourth-order valence-electron chi connectivity index (χ4n) is 2.90. The molecule has 1 aliphatic rings. The van der Waals surface area contributed by atoms with E-state index in [-0.39, 0.29) is 17.2 Å². The summed E-state index contributed by atoms with van der Waals surface area (Å²) in [5.74, 6) is 0.666. The Bertz CT molecular complexity index is 574. The highest BCUT2D eigenvalue weighted by Gasteiger charge is 2.30. The Morgan fingerprint density at radius 2 is 2.14 bits per heavy atom. The third-order valence-corrected chi connectivity index (χ3v) is 6.41. The van der Waals surface area contributed by atoms with Crippen molar-refractivity contribution in [3.8, 4) is 0 Å². The largest absolute Gasteiger partial charge is 0.324 e. The SMILES string of the molecule is CCc1cccc(C)c1NC(=O)CN1CC[S@](=O)[C@@H](C)[C@@H]1C. The molecule has 1 saturated heterocycles. The van der Waals surface area contributed by atoms with Gasteiger partial charge in [0.05, 0.1) is 6.54 Å².